The molecule has 0 aromatic heterocycles. The van der Waals surface area contributed by atoms with Crippen LogP contribution in [0.25, 0.3) is 0 Å². The van der Waals surface area contributed by atoms with Crippen molar-refractivity contribution in [3.8, 4) is 0 Å². The second-order valence-electron chi connectivity index (χ2n) is 5.52. The number of hydrogen-bond donors (Lipinski definition) is 2. The molecule has 1 saturated heterocycles. The van der Waals surface area contributed by atoms with Gasteiger partial charge in [0.15, 0.2) is 0 Å². The minimum absolute atomic E-state index is 0.270. The zero-order chi connectivity index (χ0) is 14.8. The van der Waals surface area contributed by atoms with Crippen molar-refractivity contribution in [2.45, 2.75) is 37.2 Å². The van der Waals surface area contributed by atoms with Crippen LogP contribution in [-0.2, 0) is 10.0 Å². The lowest BCUT2D eigenvalue weighted by atomic mass is 9.95. The van der Waals surface area contributed by atoms with Crippen molar-refractivity contribution in [1.82, 2.24) is 4.72 Å². The quantitative estimate of drug-likeness (QED) is 0.880. The summed E-state index contributed by atoms with van der Waals surface area (Å²) in [5.41, 5.74) is 0.271. The van der Waals surface area contributed by atoms with E-state index in [9.17, 15) is 13.5 Å². The lowest BCUT2D eigenvalue weighted by molar-refractivity contribution is 0.0449. The molecule has 0 bridgehead atoms. The fraction of sp³-hybridized carbons (Fsp3) is 0.571. The van der Waals surface area contributed by atoms with E-state index in [4.69, 9.17) is 0 Å². The Labute approximate surface area is 120 Å². The van der Waals surface area contributed by atoms with Crippen molar-refractivity contribution in [3.05, 3.63) is 24.3 Å². The molecule has 1 unspecified atom stereocenters. The number of hydrogen-bond acceptors (Lipinski definition) is 4. The summed E-state index contributed by atoms with van der Waals surface area (Å²) in [6.07, 6.45) is 1.74. The number of nitrogens with zero attached hydrogens (tertiary/aromatic N) is 1. The van der Waals surface area contributed by atoms with E-state index < -0.39 is 15.6 Å². The lowest BCUT2D eigenvalue weighted by Gasteiger charge is -2.38. The van der Waals surface area contributed by atoms with E-state index in [0.717, 1.165) is 25.1 Å². The highest BCUT2D eigenvalue weighted by Gasteiger charge is 2.28. The maximum absolute atomic E-state index is 11.9. The van der Waals surface area contributed by atoms with Gasteiger partial charge in [-0.05, 0) is 44.0 Å². The molecule has 0 saturated carbocycles. The van der Waals surface area contributed by atoms with Crippen molar-refractivity contribution in [3.63, 3.8) is 0 Å². The molecule has 112 valence electrons. The summed E-state index contributed by atoms with van der Waals surface area (Å²) in [5.74, 6) is 0. The molecule has 1 heterocycles. The average molecular weight is 298 g/mol. The van der Waals surface area contributed by atoms with Crippen LogP contribution < -0.4 is 9.62 Å². The molecule has 1 aliphatic heterocycles. The second kappa shape index (κ2) is 5.71. The predicted octanol–water partition coefficient (Wildman–Crippen LogP) is 1.34. The number of β-amino-alcohol motifs (C(OH)–C–C–N with tert-alkyl or cyclic N) is 1. The van der Waals surface area contributed by atoms with Crippen molar-refractivity contribution in [2.75, 3.05) is 24.5 Å². The molecule has 20 heavy (non-hydrogen) atoms. The summed E-state index contributed by atoms with van der Waals surface area (Å²) in [7, 11) is -3.40. The molecule has 1 aromatic carbocycles. The number of rotatable bonds is 4. The van der Waals surface area contributed by atoms with Gasteiger partial charge in [0.1, 0.15) is 0 Å². The van der Waals surface area contributed by atoms with Crippen LogP contribution in [0.15, 0.2) is 29.2 Å². The smallest absolute Gasteiger partial charge is 0.240 e. The molecule has 6 heteroatoms. The van der Waals surface area contributed by atoms with Gasteiger partial charge in [-0.25, -0.2) is 13.1 Å². The monoisotopic (exact) mass is 298 g/mol. The first kappa shape index (κ1) is 15.3. The SMILES string of the molecule is CCNS(=O)(=O)c1ccc(N2CCCC(C)(O)C2)cc1. The highest BCUT2D eigenvalue weighted by molar-refractivity contribution is 7.89. The molecule has 5 nitrogen and oxygen atoms in total. The Balaban J connectivity index is 2.16. The van der Waals surface area contributed by atoms with E-state index in [1.165, 1.54) is 0 Å². The topological polar surface area (TPSA) is 69.6 Å². The van der Waals surface area contributed by atoms with Gasteiger partial charge in [0.25, 0.3) is 0 Å². The van der Waals surface area contributed by atoms with Crippen LogP contribution in [0.4, 0.5) is 5.69 Å². The standard InChI is InChI=1S/C14H22N2O3S/c1-3-15-20(18,19)13-7-5-12(6-8-13)16-10-4-9-14(2,17)11-16/h5-8,15,17H,3-4,9-11H2,1-2H3. The second-order valence-corrected chi connectivity index (χ2v) is 7.28. The molecule has 1 aliphatic rings. The molecule has 1 fully saturated rings. The third-order valence-corrected chi connectivity index (χ3v) is 5.08. The number of aliphatic hydroxyl groups is 1. The van der Waals surface area contributed by atoms with Crippen LogP contribution in [0.1, 0.15) is 26.7 Å². The van der Waals surface area contributed by atoms with Gasteiger partial charge in [0, 0.05) is 25.3 Å². The minimum Gasteiger partial charge on any atom is -0.388 e. The number of anilines is 1. The van der Waals surface area contributed by atoms with E-state index in [1.54, 1.807) is 31.2 Å². The van der Waals surface area contributed by atoms with Gasteiger partial charge in [-0.3, -0.25) is 0 Å². The van der Waals surface area contributed by atoms with E-state index in [-0.39, 0.29) is 4.90 Å². The summed E-state index contributed by atoms with van der Waals surface area (Å²) in [6, 6.07) is 6.81. The van der Waals surface area contributed by atoms with E-state index >= 15 is 0 Å². The predicted molar refractivity (Wildman–Crippen MR) is 79.4 cm³/mol. The van der Waals surface area contributed by atoms with Gasteiger partial charge in [-0.1, -0.05) is 6.92 Å². The summed E-state index contributed by atoms with van der Waals surface area (Å²) < 4.78 is 26.2. The van der Waals surface area contributed by atoms with Crippen LogP contribution in [0.3, 0.4) is 0 Å². The number of piperidine rings is 1. The number of benzene rings is 1. The Morgan fingerprint density at radius 1 is 1.35 bits per heavy atom. The maximum Gasteiger partial charge on any atom is 0.240 e. The molecule has 0 aliphatic carbocycles. The number of nitrogens with one attached hydrogen (secondary N) is 1. The fourth-order valence-corrected chi connectivity index (χ4v) is 3.59. The first-order valence-electron chi connectivity index (χ1n) is 6.91. The average Bonchev–Trinajstić information content (AvgIpc) is 2.38. The molecule has 0 radical (unpaired) electrons. The van der Waals surface area contributed by atoms with Crippen LogP contribution in [-0.4, -0.2) is 38.8 Å². The van der Waals surface area contributed by atoms with Crippen molar-refractivity contribution >= 4 is 15.7 Å². The summed E-state index contributed by atoms with van der Waals surface area (Å²) >= 11 is 0. The van der Waals surface area contributed by atoms with E-state index in [2.05, 4.69) is 9.62 Å². The molecule has 2 N–H and O–H groups in total. The fourth-order valence-electron chi connectivity index (χ4n) is 2.55. The molecule has 0 spiro atoms. The summed E-state index contributed by atoms with van der Waals surface area (Å²) in [6.45, 7) is 5.42. The molecule has 2 rings (SSSR count). The van der Waals surface area contributed by atoms with Crippen LogP contribution in [0.2, 0.25) is 0 Å². The highest BCUT2D eigenvalue weighted by Crippen LogP contribution is 2.26. The van der Waals surface area contributed by atoms with Crippen LogP contribution in [0.5, 0.6) is 0 Å². The molecule has 1 atom stereocenters. The zero-order valence-corrected chi connectivity index (χ0v) is 12.8. The maximum atomic E-state index is 11.9. The normalized spacial score (nSPS) is 23.9. The largest absolute Gasteiger partial charge is 0.388 e. The first-order valence-corrected chi connectivity index (χ1v) is 8.39. The van der Waals surface area contributed by atoms with Gasteiger partial charge in [-0.15, -0.1) is 0 Å². The number of sulfonamides is 1. The summed E-state index contributed by atoms with van der Waals surface area (Å²) in [5, 5.41) is 10.1. The van der Waals surface area contributed by atoms with Gasteiger partial charge in [-0.2, -0.15) is 0 Å². The molecule has 0 amide bonds. The first-order chi connectivity index (χ1) is 9.34. The Kier molecular flexibility index (Phi) is 4.36. The molecule has 1 aromatic rings. The highest BCUT2D eigenvalue weighted by atomic mass is 32.2. The lowest BCUT2D eigenvalue weighted by Crippen LogP contribution is -2.46. The van der Waals surface area contributed by atoms with E-state index in [1.807, 2.05) is 6.92 Å². The Bertz CT molecular complexity index is 552. The Morgan fingerprint density at radius 2 is 2.00 bits per heavy atom. The third kappa shape index (κ3) is 3.50. The Hall–Kier alpha value is -1.11. The van der Waals surface area contributed by atoms with Gasteiger partial charge >= 0.3 is 0 Å². The third-order valence-electron chi connectivity index (χ3n) is 3.52. The minimum atomic E-state index is -3.40. The van der Waals surface area contributed by atoms with Gasteiger partial charge in [0.2, 0.25) is 10.0 Å². The summed E-state index contributed by atoms with van der Waals surface area (Å²) in [4.78, 5) is 2.36. The van der Waals surface area contributed by atoms with Crippen molar-refractivity contribution < 1.29 is 13.5 Å². The van der Waals surface area contributed by atoms with Crippen molar-refractivity contribution in [1.29, 1.82) is 0 Å². The molecular formula is C14H22N2O3S. The molecular weight excluding hydrogens is 276 g/mol. The van der Waals surface area contributed by atoms with Crippen LogP contribution in [0, 0.1) is 0 Å². The van der Waals surface area contributed by atoms with Crippen molar-refractivity contribution in [2.24, 2.45) is 0 Å². The zero-order valence-electron chi connectivity index (χ0n) is 12.0. The Morgan fingerprint density at radius 3 is 2.55 bits per heavy atom. The van der Waals surface area contributed by atoms with Gasteiger partial charge < -0.3 is 10.0 Å². The van der Waals surface area contributed by atoms with E-state index in [0.29, 0.717) is 13.1 Å². The van der Waals surface area contributed by atoms with Gasteiger partial charge in [0.05, 0.1) is 10.5 Å². The van der Waals surface area contributed by atoms with Crippen LogP contribution >= 0.6 is 0 Å².